The molecule has 0 aliphatic rings. The summed E-state index contributed by atoms with van der Waals surface area (Å²) in [7, 11) is -3.82. The van der Waals surface area contributed by atoms with Crippen molar-refractivity contribution in [2.24, 2.45) is 0 Å². The molecule has 0 atom stereocenters. The smallest absolute Gasteiger partial charge is 0.248 e. The summed E-state index contributed by atoms with van der Waals surface area (Å²) in [6, 6.07) is 14.6. The van der Waals surface area contributed by atoms with Crippen LogP contribution in [0.4, 0.5) is 20.2 Å². The van der Waals surface area contributed by atoms with Gasteiger partial charge >= 0.3 is 0 Å². The van der Waals surface area contributed by atoms with Crippen molar-refractivity contribution in [1.82, 2.24) is 4.98 Å². The Morgan fingerprint density at radius 1 is 1.00 bits per heavy atom. The molecular weight excluding hydrogens is 424 g/mol. The molecule has 0 spiro atoms. The number of nitrogens with zero attached hydrogens (tertiary/aromatic N) is 3. The van der Waals surface area contributed by atoms with Crippen LogP contribution in [0.2, 0.25) is 0 Å². The second kappa shape index (κ2) is 9.22. The Balaban J connectivity index is 2.01. The van der Waals surface area contributed by atoms with Crippen molar-refractivity contribution in [1.29, 1.82) is 0 Å². The van der Waals surface area contributed by atoms with E-state index < -0.39 is 34.1 Å². The van der Waals surface area contributed by atoms with Crippen molar-refractivity contribution in [3.8, 4) is 0 Å². The molecule has 0 fully saturated rings. The maximum absolute atomic E-state index is 14.5. The van der Waals surface area contributed by atoms with E-state index in [-0.39, 0.29) is 12.2 Å². The average Bonchev–Trinajstić information content (AvgIpc) is 2.71. The Bertz CT molecular complexity index is 1190. The Hall–Kier alpha value is -3.33. The number of hydrogen-bond acceptors (Lipinski definition) is 4. The first-order valence-corrected chi connectivity index (χ1v) is 11.2. The third-order valence-electron chi connectivity index (χ3n) is 4.61. The number of anilines is 2. The van der Waals surface area contributed by atoms with Gasteiger partial charge < -0.3 is 4.90 Å². The predicted molar refractivity (Wildman–Crippen MR) is 115 cm³/mol. The number of carbonyl (C=O) groups is 1. The number of para-hydroxylation sites is 1. The van der Waals surface area contributed by atoms with Gasteiger partial charge in [-0.3, -0.25) is 14.1 Å². The molecule has 0 radical (unpaired) electrons. The van der Waals surface area contributed by atoms with Gasteiger partial charge in [0.15, 0.2) is 0 Å². The highest BCUT2D eigenvalue weighted by atomic mass is 32.2. The van der Waals surface area contributed by atoms with E-state index in [9.17, 15) is 22.0 Å². The zero-order valence-corrected chi connectivity index (χ0v) is 17.8. The highest BCUT2D eigenvalue weighted by Crippen LogP contribution is 2.25. The molecule has 1 amide bonds. The SMILES string of the molecule is Cc1ccccc1N(CC(=O)N(Cc1ccccn1)c1ccc(F)cc1F)S(C)(=O)=O. The zero-order chi connectivity index (χ0) is 22.6. The standard InChI is InChI=1S/C22H21F2N3O3S/c1-16-7-3-4-9-20(16)27(31(2,29)30)15-22(28)26(14-18-8-5-6-12-25-18)21-11-10-17(23)13-19(21)24/h3-13H,14-15H2,1-2H3. The summed E-state index contributed by atoms with van der Waals surface area (Å²) >= 11 is 0. The summed E-state index contributed by atoms with van der Waals surface area (Å²) in [5, 5.41) is 0. The van der Waals surface area contributed by atoms with Crippen LogP contribution in [0, 0.1) is 18.6 Å². The molecule has 3 rings (SSSR count). The van der Waals surface area contributed by atoms with Gasteiger partial charge in [-0.1, -0.05) is 24.3 Å². The number of carbonyl (C=O) groups excluding carboxylic acids is 1. The molecule has 6 nitrogen and oxygen atoms in total. The molecule has 1 aromatic heterocycles. The Kier molecular flexibility index (Phi) is 6.65. The van der Waals surface area contributed by atoms with E-state index in [4.69, 9.17) is 0 Å². The van der Waals surface area contributed by atoms with Gasteiger partial charge in [-0.2, -0.15) is 0 Å². The van der Waals surface area contributed by atoms with Gasteiger partial charge in [-0.05, 0) is 42.8 Å². The number of rotatable bonds is 7. The minimum Gasteiger partial charge on any atom is -0.302 e. The fourth-order valence-corrected chi connectivity index (χ4v) is 4.00. The van der Waals surface area contributed by atoms with Crippen molar-refractivity contribution in [3.05, 3.63) is 89.8 Å². The van der Waals surface area contributed by atoms with Crippen LogP contribution in [0.25, 0.3) is 0 Å². The van der Waals surface area contributed by atoms with Gasteiger partial charge in [-0.25, -0.2) is 17.2 Å². The molecule has 31 heavy (non-hydrogen) atoms. The highest BCUT2D eigenvalue weighted by Gasteiger charge is 2.27. The molecule has 0 saturated carbocycles. The number of aromatic nitrogens is 1. The number of benzene rings is 2. The maximum Gasteiger partial charge on any atom is 0.248 e. The molecule has 0 unspecified atom stereocenters. The van der Waals surface area contributed by atoms with Gasteiger partial charge in [0, 0.05) is 12.3 Å². The molecule has 0 saturated heterocycles. The molecule has 2 aromatic carbocycles. The van der Waals surface area contributed by atoms with Crippen LogP contribution in [0.1, 0.15) is 11.3 Å². The highest BCUT2D eigenvalue weighted by molar-refractivity contribution is 7.92. The van der Waals surface area contributed by atoms with Crippen molar-refractivity contribution in [2.45, 2.75) is 13.5 Å². The number of sulfonamides is 1. The fraction of sp³-hybridized carbons (Fsp3) is 0.182. The number of amides is 1. The second-order valence-corrected chi connectivity index (χ2v) is 8.86. The van der Waals surface area contributed by atoms with E-state index >= 15 is 0 Å². The first-order chi connectivity index (χ1) is 14.7. The zero-order valence-electron chi connectivity index (χ0n) is 17.0. The normalized spacial score (nSPS) is 11.2. The van der Waals surface area contributed by atoms with E-state index in [1.165, 1.54) is 6.20 Å². The lowest BCUT2D eigenvalue weighted by Gasteiger charge is -2.28. The summed E-state index contributed by atoms with van der Waals surface area (Å²) in [6.07, 6.45) is 2.52. The summed E-state index contributed by atoms with van der Waals surface area (Å²) in [4.78, 5) is 18.5. The van der Waals surface area contributed by atoms with E-state index in [1.54, 1.807) is 49.4 Å². The molecule has 0 bridgehead atoms. The van der Waals surface area contributed by atoms with Crippen molar-refractivity contribution >= 4 is 27.3 Å². The van der Waals surface area contributed by atoms with Crippen molar-refractivity contribution in [3.63, 3.8) is 0 Å². The largest absolute Gasteiger partial charge is 0.302 e. The monoisotopic (exact) mass is 445 g/mol. The summed E-state index contributed by atoms with van der Waals surface area (Å²) in [5.41, 5.74) is 1.29. The van der Waals surface area contributed by atoms with Crippen LogP contribution >= 0.6 is 0 Å². The quantitative estimate of drug-likeness (QED) is 0.557. The number of halogens is 2. The Labute approximate surface area is 179 Å². The van der Waals surface area contributed by atoms with Gasteiger partial charge in [0.25, 0.3) is 0 Å². The average molecular weight is 445 g/mol. The minimum absolute atomic E-state index is 0.117. The molecule has 162 valence electrons. The van der Waals surface area contributed by atoms with E-state index in [1.807, 2.05) is 0 Å². The van der Waals surface area contributed by atoms with Gasteiger partial charge in [0.1, 0.15) is 18.2 Å². The molecular formula is C22H21F2N3O3S. The van der Waals surface area contributed by atoms with Crippen LogP contribution in [-0.2, 0) is 21.4 Å². The summed E-state index contributed by atoms with van der Waals surface area (Å²) < 4.78 is 53.9. The maximum atomic E-state index is 14.5. The third-order valence-corrected chi connectivity index (χ3v) is 5.74. The lowest BCUT2D eigenvalue weighted by molar-refractivity contribution is -0.117. The van der Waals surface area contributed by atoms with Crippen LogP contribution in [0.15, 0.2) is 66.9 Å². The topological polar surface area (TPSA) is 70.6 Å². The predicted octanol–water partition coefficient (Wildman–Crippen LogP) is 3.67. The third kappa shape index (κ3) is 5.43. The number of hydrogen-bond donors (Lipinski definition) is 0. The van der Waals surface area contributed by atoms with Crippen LogP contribution in [0.5, 0.6) is 0 Å². The van der Waals surface area contributed by atoms with E-state index in [0.717, 1.165) is 27.6 Å². The molecule has 0 aliphatic heterocycles. The number of aryl methyl sites for hydroxylation is 1. The molecule has 9 heteroatoms. The molecule has 0 aliphatic carbocycles. The Morgan fingerprint density at radius 2 is 1.71 bits per heavy atom. The number of pyridine rings is 1. The van der Waals surface area contributed by atoms with Gasteiger partial charge in [-0.15, -0.1) is 0 Å². The van der Waals surface area contributed by atoms with Crippen LogP contribution < -0.4 is 9.21 Å². The van der Waals surface area contributed by atoms with Gasteiger partial charge in [0.2, 0.25) is 15.9 Å². The van der Waals surface area contributed by atoms with Crippen LogP contribution in [-0.4, -0.2) is 32.1 Å². The first-order valence-electron chi connectivity index (χ1n) is 9.35. The first kappa shape index (κ1) is 22.4. The molecule has 1 heterocycles. The Morgan fingerprint density at radius 3 is 2.32 bits per heavy atom. The second-order valence-electron chi connectivity index (χ2n) is 6.95. The summed E-state index contributed by atoms with van der Waals surface area (Å²) in [6.45, 7) is 1.05. The van der Waals surface area contributed by atoms with E-state index in [2.05, 4.69) is 4.98 Å². The van der Waals surface area contributed by atoms with E-state index in [0.29, 0.717) is 23.0 Å². The summed E-state index contributed by atoms with van der Waals surface area (Å²) in [5.74, 6) is -2.42. The molecule has 3 aromatic rings. The lowest BCUT2D eigenvalue weighted by Crippen LogP contribution is -2.43. The lowest BCUT2D eigenvalue weighted by atomic mass is 10.2. The molecule has 0 N–H and O–H groups in total. The van der Waals surface area contributed by atoms with Gasteiger partial charge in [0.05, 0.1) is 29.9 Å². The van der Waals surface area contributed by atoms with Crippen molar-refractivity contribution in [2.75, 3.05) is 22.0 Å². The minimum atomic E-state index is -3.82. The van der Waals surface area contributed by atoms with Crippen molar-refractivity contribution < 1.29 is 22.0 Å². The fourth-order valence-electron chi connectivity index (χ4n) is 3.09. The van der Waals surface area contributed by atoms with Crippen LogP contribution in [0.3, 0.4) is 0 Å².